The first-order valence-corrected chi connectivity index (χ1v) is 13.9. The van der Waals surface area contributed by atoms with Crippen LogP contribution in [0.25, 0.3) is 11.4 Å². The summed E-state index contributed by atoms with van der Waals surface area (Å²) in [4.78, 5) is 9.05. The fraction of sp³-hybridized carbons (Fsp3) is 0.667. The van der Waals surface area contributed by atoms with Gasteiger partial charge in [0.05, 0.1) is 6.61 Å². The summed E-state index contributed by atoms with van der Waals surface area (Å²) in [7, 11) is 0. The first-order valence-electron chi connectivity index (χ1n) is 13.9. The number of nitrogens with zero attached hydrogens (tertiary/aromatic N) is 2. The summed E-state index contributed by atoms with van der Waals surface area (Å²) in [6, 6.07) is 7.62. The van der Waals surface area contributed by atoms with Crippen LogP contribution in [-0.4, -0.2) is 28.9 Å². The number of unbranched alkanes of at least 4 members (excludes halogenated alkanes) is 7. The third-order valence-corrected chi connectivity index (χ3v) is 6.49. The van der Waals surface area contributed by atoms with Crippen molar-refractivity contribution >= 4 is 0 Å². The summed E-state index contributed by atoms with van der Waals surface area (Å²) in [5, 5.41) is 0. The highest BCUT2D eigenvalue weighted by Gasteiger charge is 2.11. The van der Waals surface area contributed by atoms with E-state index in [0.29, 0.717) is 50.3 Å². The molecule has 0 N–H and O–H groups in total. The number of rotatable bonds is 20. The van der Waals surface area contributed by atoms with E-state index in [1.54, 1.807) is 0 Å². The molecule has 196 valence electrons. The Morgan fingerprint density at radius 3 is 1.94 bits per heavy atom. The fourth-order valence-corrected chi connectivity index (χ4v) is 4.21. The smallest absolute Gasteiger partial charge is 0.159 e. The topological polar surface area (TPSA) is 35.0 Å². The van der Waals surface area contributed by atoms with Crippen molar-refractivity contribution in [1.82, 2.24) is 9.97 Å². The Hall–Kier alpha value is -2.04. The average molecular weight is 489 g/mol. The molecule has 0 fully saturated rings. The molecule has 1 aromatic heterocycles. The lowest BCUT2D eigenvalue weighted by Crippen LogP contribution is -2.09. The number of aryl methyl sites for hydroxylation is 1. The van der Waals surface area contributed by atoms with Crippen LogP contribution in [0, 0.1) is 0 Å². The van der Waals surface area contributed by atoms with Crippen molar-refractivity contribution in [3.05, 3.63) is 42.2 Å². The van der Waals surface area contributed by atoms with Gasteiger partial charge < -0.3 is 4.74 Å². The van der Waals surface area contributed by atoms with Gasteiger partial charge in [-0.25, -0.2) is 18.7 Å². The van der Waals surface area contributed by atoms with Crippen molar-refractivity contribution < 1.29 is 13.5 Å². The molecule has 0 aliphatic carbocycles. The van der Waals surface area contributed by atoms with E-state index in [2.05, 4.69) is 23.8 Å². The van der Waals surface area contributed by atoms with Crippen molar-refractivity contribution in [2.24, 2.45) is 0 Å². The lowest BCUT2D eigenvalue weighted by atomic mass is 10.0. The van der Waals surface area contributed by atoms with Gasteiger partial charge in [0.1, 0.15) is 18.1 Å². The molecule has 2 rings (SSSR count). The summed E-state index contributed by atoms with van der Waals surface area (Å²) in [5.74, 6) is 1.41. The number of aromatic nitrogens is 2. The Kier molecular flexibility index (Phi) is 15.2. The second kappa shape index (κ2) is 18.3. The molecule has 2 aromatic rings. The maximum Gasteiger partial charge on any atom is 0.159 e. The van der Waals surface area contributed by atoms with Gasteiger partial charge in [-0.15, -0.1) is 0 Å². The molecule has 0 aliphatic rings. The maximum atomic E-state index is 14.1. The molecular weight excluding hydrogens is 442 g/mol. The number of ether oxygens (including phenoxy) is 1. The van der Waals surface area contributed by atoms with Crippen LogP contribution >= 0.6 is 0 Å². The number of halogens is 2. The van der Waals surface area contributed by atoms with Gasteiger partial charge in [-0.2, -0.15) is 0 Å². The van der Waals surface area contributed by atoms with E-state index in [4.69, 9.17) is 4.74 Å². The first-order chi connectivity index (χ1) is 17.1. The minimum atomic E-state index is -0.944. The van der Waals surface area contributed by atoms with E-state index in [1.807, 2.05) is 36.7 Å². The summed E-state index contributed by atoms with van der Waals surface area (Å²) in [6.07, 6.45) is 16.4. The minimum Gasteiger partial charge on any atom is -0.493 e. The predicted octanol–water partition coefficient (Wildman–Crippen LogP) is 9.24. The average Bonchev–Trinajstić information content (AvgIpc) is 2.87. The number of alkyl halides is 2. The van der Waals surface area contributed by atoms with Crippen molar-refractivity contribution in [3.8, 4) is 17.1 Å². The Morgan fingerprint density at radius 1 is 0.686 bits per heavy atom. The van der Waals surface area contributed by atoms with Crippen molar-refractivity contribution in [3.63, 3.8) is 0 Å². The van der Waals surface area contributed by atoms with Crippen LogP contribution in [0.5, 0.6) is 5.75 Å². The zero-order chi connectivity index (χ0) is 25.1. The van der Waals surface area contributed by atoms with Crippen LogP contribution in [0.15, 0.2) is 36.7 Å². The standard InChI is InChI=1S/C30H46F2N2O/c1-3-5-7-8-9-11-13-25-23-33-30(34-24-25)26-17-19-29(20-18-26)35-22-21-28(32)16-12-15-27(31)14-10-6-4-2/h17-20,23-24,27-28H,3-16,21-22H2,1-2H3. The third kappa shape index (κ3) is 13.0. The highest BCUT2D eigenvalue weighted by Crippen LogP contribution is 2.21. The monoisotopic (exact) mass is 488 g/mol. The van der Waals surface area contributed by atoms with E-state index < -0.39 is 12.3 Å². The molecule has 0 saturated carbocycles. The van der Waals surface area contributed by atoms with E-state index in [1.165, 1.54) is 44.1 Å². The van der Waals surface area contributed by atoms with Gasteiger partial charge in [0.2, 0.25) is 0 Å². The molecule has 5 heteroatoms. The number of benzene rings is 1. The number of hydrogen-bond acceptors (Lipinski definition) is 3. The molecule has 0 spiro atoms. The molecule has 1 aromatic carbocycles. The summed E-state index contributed by atoms with van der Waals surface area (Å²) in [5.41, 5.74) is 2.12. The molecule has 2 unspecified atom stereocenters. The Balaban J connectivity index is 1.63. The molecule has 35 heavy (non-hydrogen) atoms. The van der Waals surface area contributed by atoms with Gasteiger partial charge in [0.25, 0.3) is 0 Å². The predicted molar refractivity (Wildman–Crippen MR) is 142 cm³/mol. The van der Waals surface area contributed by atoms with Gasteiger partial charge >= 0.3 is 0 Å². The lowest BCUT2D eigenvalue weighted by Gasteiger charge is -2.11. The molecule has 0 aliphatic heterocycles. The molecule has 0 amide bonds. The van der Waals surface area contributed by atoms with Crippen LogP contribution < -0.4 is 4.74 Å². The minimum absolute atomic E-state index is 0.319. The molecule has 3 nitrogen and oxygen atoms in total. The Morgan fingerprint density at radius 2 is 1.26 bits per heavy atom. The summed E-state index contributed by atoms with van der Waals surface area (Å²) in [6.45, 7) is 4.67. The Bertz CT molecular complexity index is 767. The van der Waals surface area contributed by atoms with Crippen LogP contribution in [0.4, 0.5) is 8.78 Å². The van der Waals surface area contributed by atoms with Gasteiger partial charge in [0, 0.05) is 24.4 Å². The first kappa shape index (κ1) is 29.2. The quantitative estimate of drug-likeness (QED) is 0.174. The zero-order valence-corrected chi connectivity index (χ0v) is 22.0. The molecule has 2 atom stereocenters. The van der Waals surface area contributed by atoms with E-state index in [9.17, 15) is 8.78 Å². The van der Waals surface area contributed by atoms with Crippen molar-refractivity contribution in [2.75, 3.05) is 6.61 Å². The summed E-state index contributed by atoms with van der Waals surface area (Å²) < 4.78 is 33.6. The third-order valence-electron chi connectivity index (χ3n) is 6.49. The fourth-order valence-electron chi connectivity index (χ4n) is 4.21. The molecule has 0 radical (unpaired) electrons. The normalized spacial score (nSPS) is 13.0. The lowest BCUT2D eigenvalue weighted by molar-refractivity contribution is 0.212. The number of hydrogen-bond donors (Lipinski definition) is 0. The molecule has 0 saturated heterocycles. The second-order valence-corrected chi connectivity index (χ2v) is 9.72. The largest absolute Gasteiger partial charge is 0.493 e. The highest BCUT2D eigenvalue weighted by atomic mass is 19.1. The van der Waals surface area contributed by atoms with Gasteiger partial charge in [-0.05, 0) is 68.4 Å². The second-order valence-electron chi connectivity index (χ2n) is 9.72. The molecule has 0 bridgehead atoms. The van der Waals surface area contributed by atoms with Crippen LogP contribution in [0.1, 0.15) is 109 Å². The van der Waals surface area contributed by atoms with Crippen LogP contribution in [-0.2, 0) is 6.42 Å². The molecule has 1 heterocycles. The Labute approximate surface area is 212 Å². The van der Waals surface area contributed by atoms with E-state index in [-0.39, 0.29) is 0 Å². The van der Waals surface area contributed by atoms with Gasteiger partial charge in [-0.1, -0.05) is 65.2 Å². The molecular formula is C30H46F2N2O. The van der Waals surface area contributed by atoms with E-state index >= 15 is 0 Å². The SMILES string of the molecule is CCCCCCCCc1cnc(-c2ccc(OCCC(F)CCCC(F)CCCCC)cc2)nc1. The van der Waals surface area contributed by atoms with Gasteiger partial charge in [0.15, 0.2) is 5.82 Å². The van der Waals surface area contributed by atoms with E-state index in [0.717, 1.165) is 31.2 Å². The van der Waals surface area contributed by atoms with Crippen molar-refractivity contribution in [1.29, 1.82) is 0 Å². The van der Waals surface area contributed by atoms with Crippen LogP contribution in [0.3, 0.4) is 0 Å². The van der Waals surface area contributed by atoms with Crippen molar-refractivity contribution in [2.45, 2.75) is 123 Å². The van der Waals surface area contributed by atoms with Crippen LogP contribution in [0.2, 0.25) is 0 Å². The maximum absolute atomic E-state index is 14.1. The summed E-state index contributed by atoms with van der Waals surface area (Å²) >= 11 is 0. The highest BCUT2D eigenvalue weighted by molar-refractivity contribution is 5.55. The zero-order valence-electron chi connectivity index (χ0n) is 22.0. The van der Waals surface area contributed by atoms with Gasteiger partial charge in [-0.3, -0.25) is 0 Å².